The topological polar surface area (TPSA) is 69.4 Å². The van der Waals surface area contributed by atoms with Gasteiger partial charge in [-0.25, -0.2) is 14.6 Å². The molecule has 0 N–H and O–H groups in total. The van der Waals surface area contributed by atoms with E-state index in [4.69, 9.17) is 9.97 Å². The van der Waals surface area contributed by atoms with E-state index in [9.17, 15) is 0 Å². The summed E-state index contributed by atoms with van der Waals surface area (Å²) < 4.78 is 1.83. The van der Waals surface area contributed by atoms with Gasteiger partial charge in [-0.05, 0) is 43.3 Å². The second-order valence-corrected chi connectivity index (χ2v) is 7.45. The molecule has 136 valence electrons. The van der Waals surface area contributed by atoms with Gasteiger partial charge in [0.05, 0.1) is 16.3 Å². The van der Waals surface area contributed by atoms with Crippen LogP contribution < -0.4 is 0 Å². The Hall–Kier alpha value is -3.45. The minimum Gasteiger partial charge on any atom is -0.265 e. The SMILES string of the molecule is Cc1nc(-c2cccnc2)sc1-c1ccc2c(-c3ccncc3)nn(C)c2n1. The number of aryl methyl sites for hydroxylation is 2. The predicted molar refractivity (Wildman–Crippen MR) is 111 cm³/mol. The van der Waals surface area contributed by atoms with Crippen molar-refractivity contribution >= 4 is 22.4 Å². The number of thiazole rings is 1. The lowest BCUT2D eigenvalue weighted by atomic mass is 10.1. The van der Waals surface area contributed by atoms with Crippen LogP contribution in [0.15, 0.2) is 61.2 Å². The molecule has 0 aliphatic carbocycles. The zero-order valence-electron chi connectivity index (χ0n) is 15.4. The van der Waals surface area contributed by atoms with Gasteiger partial charge in [0.25, 0.3) is 0 Å². The molecule has 5 rings (SSSR count). The van der Waals surface area contributed by atoms with E-state index in [0.29, 0.717) is 0 Å². The van der Waals surface area contributed by atoms with Gasteiger partial charge in [-0.2, -0.15) is 5.10 Å². The van der Waals surface area contributed by atoms with Crippen LogP contribution in [0.25, 0.3) is 43.4 Å². The number of nitrogens with zero attached hydrogens (tertiary/aromatic N) is 6. The maximum atomic E-state index is 4.90. The van der Waals surface area contributed by atoms with E-state index in [-0.39, 0.29) is 0 Å². The van der Waals surface area contributed by atoms with Crippen molar-refractivity contribution in [2.75, 3.05) is 0 Å². The first-order chi connectivity index (χ1) is 13.7. The Balaban J connectivity index is 1.62. The molecule has 0 aliphatic heterocycles. The highest BCUT2D eigenvalue weighted by Crippen LogP contribution is 2.35. The van der Waals surface area contributed by atoms with Crippen LogP contribution in [0.3, 0.4) is 0 Å². The van der Waals surface area contributed by atoms with Gasteiger partial charge in [0, 0.05) is 48.3 Å². The molecule has 0 bridgehead atoms. The summed E-state index contributed by atoms with van der Waals surface area (Å²) in [4.78, 5) is 19.0. The molecule has 0 atom stereocenters. The third kappa shape index (κ3) is 2.76. The summed E-state index contributed by atoms with van der Waals surface area (Å²) in [6, 6.07) is 12.0. The Morgan fingerprint density at radius 3 is 2.54 bits per heavy atom. The minimum absolute atomic E-state index is 0.847. The summed E-state index contributed by atoms with van der Waals surface area (Å²) in [7, 11) is 1.92. The molecule has 0 spiro atoms. The van der Waals surface area contributed by atoms with E-state index in [0.717, 1.165) is 49.1 Å². The molecule has 6 nitrogen and oxygen atoms in total. The van der Waals surface area contributed by atoms with Gasteiger partial charge in [0.2, 0.25) is 0 Å². The number of aromatic nitrogens is 6. The smallest absolute Gasteiger partial charge is 0.158 e. The van der Waals surface area contributed by atoms with Gasteiger partial charge in [-0.15, -0.1) is 11.3 Å². The summed E-state index contributed by atoms with van der Waals surface area (Å²) in [6.07, 6.45) is 7.15. The van der Waals surface area contributed by atoms with Crippen molar-refractivity contribution in [3.63, 3.8) is 0 Å². The Bertz CT molecular complexity index is 1270. The lowest BCUT2D eigenvalue weighted by molar-refractivity contribution is 0.790. The fourth-order valence-corrected chi connectivity index (χ4v) is 4.25. The van der Waals surface area contributed by atoms with Crippen LogP contribution in [0.1, 0.15) is 5.69 Å². The Kier molecular flexibility index (Phi) is 3.95. The summed E-state index contributed by atoms with van der Waals surface area (Å²) >= 11 is 1.63. The third-order valence-electron chi connectivity index (χ3n) is 4.58. The molecule has 5 heterocycles. The second-order valence-electron chi connectivity index (χ2n) is 6.45. The van der Waals surface area contributed by atoms with Gasteiger partial charge in [-0.3, -0.25) is 9.97 Å². The number of rotatable bonds is 3. The Labute approximate surface area is 165 Å². The molecule has 28 heavy (non-hydrogen) atoms. The van der Waals surface area contributed by atoms with Crippen molar-refractivity contribution in [1.29, 1.82) is 0 Å². The molecule has 0 amide bonds. The maximum absolute atomic E-state index is 4.90. The van der Waals surface area contributed by atoms with Gasteiger partial charge in [0.15, 0.2) is 5.65 Å². The molecule has 0 aliphatic rings. The number of hydrogen-bond acceptors (Lipinski definition) is 6. The predicted octanol–water partition coefficient (Wildman–Crippen LogP) is 4.52. The van der Waals surface area contributed by atoms with Crippen LogP contribution in [0, 0.1) is 6.92 Å². The van der Waals surface area contributed by atoms with Crippen molar-refractivity contribution in [1.82, 2.24) is 29.7 Å². The highest BCUT2D eigenvalue weighted by molar-refractivity contribution is 7.18. The fourth-order valence-electron chi connectivity index (χ4n) is 3.23. The fraction of sp³-hybridized carbons (Fsp3) is 0.0952. The van der Waals surface area contributed by atoms with Crippen LogP contribution in [-0.2, 0) is 7.05 Å². The average molecular weight is 384 g/mol. The summed E-state index contributed by atoms with van der Waals surface area (Å²) in [5.74, 6) is 0. The second kappa shape index (κ2) is 6.61. The van der Waals surface area contributed by atoms with Crippen LogP contribution in [0.5, 0.6) is 0 Å². The van der Waals surface area contributed by atoms with Crippen LogP contribution in [0.4, 0.5) is 0 Å². The maximum Gasteiger partial charge on any atom is 0.158 e. The van der Waals surface area contributed by atoms with Crippen molar-refractivity contribution in [2.45, 2.75) is 6.92 Å². The van der Waals surface area contributed by atoms with Crippen LogP contribution in [-0.4, -0.2) is 29.7 Å². The van der Waals surface area contributed by atoms with Crippen LogP contribution >= 0.6 is 11.3 Å². The lowest BCUT2D eigenvalue weighted by Gasteiger charge is -2.00. The zero-order chi connectivity index (χ0) is 19.1. The van der Waals surface area contributed by atoms with Crippen molar-refractivity contribution in [3.8, 4) is 32.4 Å². The molecule has 0 saturated carbocycles. The first kappa shape index (κ1) is 16.7. The standard InChI is InChI=1S/C21H16N6S/c1-13-19(28-21(24-13)15-4-3-9-23-12-15)17-6-5-16-18(14-7-10-22-11-8-14)26-27(2)20(16)25-17/h3-12H,1-2H3. The quantitative estimate of drug-likeness (QED) is 0.457. The first-order valence-electron chi connectivity index (χ1n) is 8.83. The monoisotopic (exact) mass is 384 g/mol. The third-order valence-corrected chi connectivity index (χ3v) is 5.81. The number of hydrogen-bond donors (Lipinski definition) is 0. The lowest BCUT2D eigenvalue weighted by Crippen LogP contribution is -1.93. The molecular formula is C21H16N6S. The van der Waals surface area contributed by atoms with Crippen molar-refractivity contribution in [3.05, 3.63) is 66.9 Å². The molecule has 5 aromatic heterocycles. The van der Waals surface area contributed by atoms with Gasteiger partial charge < -0.3 is 0 Å². The molecule has 0 unspecified atom stereocenters. The number of pyridine rings is 3. The molecule has 0 radical (unpaired) electrons. The van der Waals surface area contributed by atoms with E-state index in [1.807, 2.05) is 55.2 Å². The normalized spacial score (nSPS) is 11.2. The molecule has 0 aromatic carbocycles. The summed E-state index contributed by atoms with van der Waals surface area (Å²) in [5, 5.41) is 6.65. The Morgan fingerprint density at radius 2 is 1.75 bits per heavy atom. The highest BCUT2D eigenvalue weighted by Gasteiger charge is 2.16. The first-order valence-corrected chi connectivity index (χ1v) is 9.65. The largest absolute Gasteiger partial charge is 0.265 e. The van der Waals surface area contributed by atoms with E-state index in [2.05, 4.69) is 21.1 Å². The van der Waals surface area contributed by atoms with Crippen molar-refractivity contribution in [2.24, 2.45) is 7.05 Å². The molecule has 0 saturated heterocycles. The van der Waals surface area contributed by atoms with E-state index >= 15 is 0 Å². The number of fused-ring (bicyclic) bond motifs is 1. The van der Waals surface area contributed by atoms with Gasteiger partial charge >= 0.3 is 0 Å². The van der Waals surface area contributed by atoms with E-state index in [1.54, 1.807) is 29.9 Å². The average Bonchev–Trinajstić information content (AvgIpc) is 3.29. The van der Waals surface area contributed by atoms with E-state index in [1.165, 1.54) is 0 Å². The summed E-state index contributed by atoms with van der Waals surface area (Å²) in [5.41, 5.74) is 5.68. The van der Waals surface area contributed by atoms with Crippen LogP contribution in [0.2, 0.25) is 0 Å². The van der Waals surface area contributed by atoms with Gasteiger partial charge in [-0.1, -0.05) is 0 Å². The zero-order valence-corrected chi connectivity index (χ0v) is 16.2. The minimum atomic E-state index is 0.847. The highest BCUT2D eigenvalue weighted by atomic mass is 32.1. The van der Waals surface area contributed by atoms with Gasteiger partial charge in [0.1, 0.15) is 10.7 Å². The molecular weight excluding hydrogens is 368 g/mol. The molecule has 5 aromatic rings. The summed E-state index contributed by atoms with van der Waals surface area (Å²) in [6.45, 7) is 2.02. The Morgan fingerprint density at radius 1 is 0.893 bits per heavy atom. The molecule has 0 fully saturated rings. The van der Waals surface area contributed by atoms with E-state index < -0.39 is 0 Å². The van der Waals surface area contributed by atoms with Crippen molar-refractivity contribution < 1.29 is 0 Å². The molecule has 7 heteroatoms.